The van der Waals surface area contributed by atoms with Crippen LogP contribution >= 0.6 is 0 Å². The zero-order chi connectivity index (χ0) is 18.3. The molecule has 0 bridgehead atoms. The van der Waals surface area contributed by atoms with Crippen molar-refractivity contribution in [3.63, 3.8) is 0 Å². The Morgan fingerprint density at radius 3 is 2.92 bits per heavy atom. The molecular formula is C17H21N3O5. The first-order chi connectivity index (χ1) is 11.9. The summed E-state index contributed by atoms with van der Waals surface area (Å²) in [4.78, 5) is 26.3. The number of carbonyl (C=O) groups is 2. The number of pyridine rings is 1. The van der Waals surface area contributed by atoms with Crippen molar-refractivity contribution < 1.29 is 23.6 Å². The summed E-state index contributed by atoms with van der Waals surface area (Å²) in [5.74, 6) is 0.758. The van der Waals surface area contributed by atoms with Crippen LogP contribution in [0.5, 0.6) is 0 Å². The zero-order valence-corrected chi connectivity index (χ0v) is 14.4. The Morgan fingerprint density at radius 2 is 2.20 bits per heavy atom. The zero-order valence-electron chi connectivity index (χ0n) is 14.4. The molecule has 0 atom stereocenters. The van der Waals surface area contributed by atoms with Crippen molar-refractivity contribution in [1.29, 1.82) is 0 Å². The summed E-state index contributed by atoms with van der Waals surface area (Å²) in [7, 11) is 0. The van der Waals surface area contributed by atoms with Crippen LogP contribution in [0.25, 0.3) is 11.3 Å². The molecule has 2 aromatic heterocycles. The molecule has 0 spiro atoms. The van der Waals surface area contributed by atoms with Crippen molar-refractivity contribution in [2.45, 2.75) is 27.2 Å². The molecule has 0 saturated carbocycles. The fourth-order valence-corrected chi connectivity index (χ4v) is 1.89. The first-order valence-electron chi connectivity index (χ1n) is 7.79. The van der Waals surface area contributed by atoms with Crippen LogP contribution in [0, 0.1) is 5.41 Å². The van der Waals surface area contributed by atoms with E-state index in [4.69, 9.17) is 9.26 Å². The Kier molecular flexibility index (Phi) is 6.10. The van der Waals surface area contributed by atoms with Gasteiger partial charge >= 0.3 is 6.09 Å². The Hall–Kier alpha value is -2.90. The summed E-state index contributed by atoms with van der Waals surface area (Å²) in [6.45, 7) is 6.79. The lowest BCUT2D eigenvalue weighted by molar-refractivity contribution is -0.128. The second kappa shape index (κ2) is 8.27. The highest BCUT2D eigenvalue weighted by atomic mass is 16.5. The predicted molar refractivity (Wildman–Crippen MR) is 89.9 cm³/mol. The summed E-state index contributed by atoms with van der Waals surface area (Å²) >= 11 is 0. The lowest BCUT2D eigenvalue weighted by Crippen LogP contribution is -2.22. The summed E-state index contributed by atoms with van der Waals surface area (Å²) < 4.78 is 15.1. The molecule has 134 valence electrons. The van der Waals surface area contributed by atoms with Gasteiger partial charge in [-0.15, -0.1) is 0 Å². The van der Waals surface area contributed by atoms with Crippen molar-refractivity contribution in [1.82, 2.24) is 10.1 Å². The maximum Gasteiger partial charge on any atom is 0.412 e. The van der Waals surface area contributed by atoms with E-state index >= 15 is 0 Å². The van der Waals surface area contributed by atoms with E-state index in [1.54, 1.807) is 24.4 Å². The minimum atomic E-state index is -0.589. The van der Waals surface area contributed by atoms with Gasteiger partial charge < -0.3 is 14.0 Å². The molecule has 1 amide bonds. The van der Waals surface area contributed by atoms with Gasteiger partial charge in [-0.2, -0.15) is 0 Å². The van der Waals surface area contributed by atoms with Crippen LogP contribution in [0.1, 0.15) is 26.5 Å². The third-order valence-corrected chi connectivity index (χ3v) is 3.03. The molecule has 0 aliphatic rings. The lowest BCUT2D eigenvalue weighted by atomic mass is 9.99. The SMILES string of the molecule is CC(C)(C)COC(=O)Nc1ncccc1-c1cc(CCOC=O)no1. The van der Waals surface area contributed by atoms with Crippen molar-refractivity contribution >= 4 is 18.4 Å². The molecule has 0 saturated heterocycles. The number of aromatic nitrogens is 2. The molecule has 2 aromatic rings. The summed E-state index contributed by atoms with van der Waals surface area (Å²) in [6.07, 6.45) is 1.39. The van der Waals surface area contributed by atoms with Gasteiger partial charge in [0.25, 0.3) is 6.47 Å². The maximum absolute atomic E-state index is 12.0. The molecule has 0 radical (unpaired) electrons. The second-order valence-electron chi connectivity index (χ2n) is 6.56. The van der Waals surface area contributed by atoms with Gasteiger partial charge in [0, 0.05) is 18.7 Å². The number of hydrogen-bond donors (Lipinski definition) is 1. The molecular weight excluding hydrogens is 326 g/mol. The Bertz CT molecular complexity index is 721. The summed E-state index contributed by atoms with van der Waals surface area (Å²) in [5, 5.41) is 6.52. The number of nitrogens with one attached hydrogen (secondary N) is 1. The number of rotatable bonds is 7. The minimum Gasteiger partial charge on any atom is -0.467 e. The van der Waals surface area contributed by atoms with Gasteiger partial charge in [0.1, 0.15) is 5.82 Å². The van der Waals surface area contributed by atoms with Crippen LogP contribution < -0.4 is 5.32 Å². The van der Waals surface area contributed by atoms with Crippen LogP contribution in [0.3, 0.4) is 0 Å². The second-order valence-corrected chi connectivity index (χ2v) is 6.56. The number of anilines is 1. The third kappa shape index (κ3) is 5.91. The fraction of sp³-hybridized carbons (Fsp3) is 0.412. The van der Waals surface area contributed by atoms with Gasteiger partial charge in [-0.25, -0.2) is 9.78 Å². The van der Waals surface area contributed by atoms with Crippen LogP contribution in [-0.4, -0.2) is 35.9 Å². The van der Waals surface area contributed by atoms with E-state index in [1.165, 1.54) is 0 Å². The molecule has 25 heavy (non-hydrogen) atoms. The smallest absolute Gasteiger partial charge is 0.412 e. The highest BCUT2D eigenvalue weighted by Crippen LogP contribution is 2.27. The molecule has 1 N–H and O–H groups in total. The average molecular weight is 347 g/mol. The standard InChI is InChI=1S/C17H21N3O5/c1-17(2,3)10-24-16(22)19-15-13(5-4-7-18-15)14-9-12(20-25-14)6-8-23-11-21/h4-5,7,9,11H,6,8,10H2,1-3H3,(H,18,19,22). The van der Waals surface area contributed by atoms with E-state index < -0.39 is 6.09 Å². The molecule has 0 fully saturated rings. The van der Waals surface area contributed by atoms with Crippen molar-refractivity contribution in [2.24, 2.45) is 5.41 Å². The summed E-state index contributed by atoms with van der Waals surface area (Å²) in [6, 6.07) is 5.17. The van der Waals surface area contributed by atoms with Crippen molar-refractivity contribution in [3.05, 3.63) is 30.1 Å². The number of carbonyl (C=O) groups excluding carboxylic acids is 2. The van der Waals surface area contributed by atoms with Crippen molar-refractivity contribution in [3.8, 4) is 11.3 Å². The molecule has 0 aromatic carbocycles. The van der Waals surface area contributed by atoms with Crippen LogP contribution in [0.4, 0.5) is 10.6 Å². The van der Waals surface area contributed by atoms with Gasteiger partial charge in [0.05, 0.1) is 24.5 Å². The minimum absolute atomic E-state index is 0.131. The number of ether oxygens (including phenoxy) is 2. The van der Waals surface area contributed by atoms with Crippen LogP contribution in [-0.2, 0) is 20.7 Å². The Labute approximate surface area is 145 Å². The highest BCUT2D eigenvalue weighted by molar-refractivity contribution is 5.88. The van der Waals surface area contributed by atoms with Gasteiger partial charge in [-0.1, -0.05) is 25.9 Å². The maximum atomic E-state index is 12.0. The molecule has 2 rings (SSSR count). The highest BCUT2D eigenvalue weighted by Gasteiger charge is 2.17. The number of amides is 1. The number of hydrogen-bond acceptors (Lipinski definition) is 7. The Morgan fingerprint density at radius 1 is 1.40 bits per heavy atom. The van der Waals surface area contributed by atoms with Gasteiger partial charge in [0.2, 0.25) is 0 Å². The van der Waals surface area contributed by atoms with Crippen molar-refractivity contribution in [2.75, 3.05) is 18.5 Å². The van der Waals surface area contributed by atoms with E-state index in [9.17, 15) is 9.59 Å². The van der Waals surface area contributed by atoms with E-state index in [2.05, 4.69) is 20.2 Å². The van der Waals surface area contributed by atoms with E-state index in [-0.39, 0.29) is 18.6 Å². The molecule has 2 heterocycles. The van der Waals surface area contributed by atoms with E-state index in [0.717, 1.165) is 0 Å². The van der Waals surface area contributed by atoms with Crippen LogP contribution in [0.15, 0.2) is 28.9 Å². The topological polar surface area (TPSA) is 104 Å². The molecule has 8 heteroatoms. The molecule has 0 unspecified atom stereocenters. The predicted octanol–water partition coefficient (Wildman–Crippen LogP) is 3.05. The molecule has 8 nitrogen and oxygen atoms in total. The summed E-state index contributed by atoms with van der Waals surface area (Å²) in [5.41, 5.74) is 1.07. The Balaban J connectivity index is 2.07. The number of nitrogens with zero attached hydrogens (tertiary/aromatic N) is 2. The quantitative estimate of drug-likeness (QED) is 0.606. The lowest BCUT2D eigenvalue weighted by Gasteiger charge is -2.18. The van der Waals surface area contributed by atoms with Gasteiger partial charge in [-0.05, 0) is 17.5 Å². The van der Waals surface area contributed by atoms with Gasteiger partial charge in [0.15, 0.2) is 5.76 Å². The molecule has 0 aliphatic carbocycles. The molecule has 0 aliphatic heterocycles. The normalized spacial score (nSPS) is 11.0. The van der Waals surface area contributed by atoms with E-state index in [0.29, 0.717) is 35.7 Å². The average Bonchev–Trinajstić information content (AvgIpc) is 3.02. The monoisotopic (exact) mass is 347 g/mol. The van der Waals surface area contributed by atoms with Crippen LogP contribution in [0.2, 0.25) is 0 Å². The third-order valence-electron chi connectivity index (χ3n) is 3.03. The van der Waals surface area contributed by atoms with Gasteiger partial charge in [-0.3, -0.25) is 10.1 Å². The largest absolute Gasteiger partial charge is 0.467 e. The first-order valence-corrected chi connectivity index (χ1v) is 7.79. The fourth-order valence-electron chi connectivity index (χ4n) is 1.89. The van der Waals surface area contributed by atoms with E-state index in [1.807, 2.05) is 20.8 Å². The first kappa shape index (κ1) is 18.4.